The summed E-state index contributed by atoms with van der Waals surface area (Å²) < 4.78 is 5.29. The Balaban J connectivity index is 2.58. The molecule has 1 amide bonds. The maximum absolute atomic E-state index is 11.9. The third kappa shape index (κ3) is 4.82. The van der Waals surface area contributed by atoms with Crippen molar-refractivity contribution >= 4 is 12.4 Å². The second-order valence-corrected chi connectivity index (χ2v) is 6.31. The van der Waals surface area contributed by atoms with Crippen molar-refractivity contribution in [2.75, 3.05) is 20.6 Å². The summed E-state index contributed by atoms with van der Waals surface area (Å²) in [5.74, 6) is 0. The van der Waals surface area contributed by atoms with Crippen molar-refractivity contribution in [1.29, 1.82) is 0 Å². The maximum Gasteiger partial charge on any atom is 0.410 e. The molecule has 0 radical (unpaired) electrons. The standard InChI is InChI=1S/C14H26N2O3/c1-14(2,3)19-13(18)16(5)12(10-17)9-11-7-6-8-15(11)4/h10-12H,6-9H2,1-5H3. The Morgan fingerprint density at radius 1 is 1.53 bits per heavy atom. The SMILES string of the molecule is CN1CCCC1CC(C=O)N(C)C(=O)OC(C)(C)C. The Hall–Kier alpha value is -1.10. The van der Waals surface area contributed by atoms with Crippen LogP contribution in [0.4, 0.5) is 4.79 Å². The fourth-order valence-corrected chi connectivity index (χ4v) is 2.33. The van der Waals surface area contributed by atoms with Crippen LogP contribution in [0.3, 0.4) is 0 Å². The monoisotopic (exact) mass is 270 g/mol. The highest BCUT2D eigenvalue weighted by Gasteiger charge is 2.30. The molecule has 0 aromatic heterocycles. The number of likely N-dealkylation sites (tertiary alicyclic amines) is 1. The summed E-state index contributed by atoms with van der Waals surface area (Å²) in [6, 6.07) is -0.0412. The van der Waals surface area contributed by atoms with Crippen LogP contribution in [0.1, 0.15) is 40.0 Å². The lowest BCUT2D eigenvalue weighted by Crippen LogP contribution is -2.44. The highest BCUT2D eigenvalue weighted by atomic mass is 16.6. The Bertz CT molecular complexity index is 325. The average Bonchev–Trinajstić information content (AvgIpc) is 2.68. The Morgan fingerprint density at radius 2 is 2.16 bits per heavy atom. The fourth-order valence-electron chi connectivity index (χ4n) is 2.33. The van der Waals surface area contributed by atoms with Crippen LogP contribution in [0.2, 0.25) is 0 Å². The smallest absolute Gasteiger partial charge is 0.410 e. The Kier molecular flexibility index (Phi) is 5.35. The minimum absolute atomic E-state index is 0.375. The lowest BCUT2D eigenvalue weighted by Gasteiger charge is -2.30. The molecule has 0 aliphatic carbocycles. The minimum Gasteiger partial charge on any atom is -0.444 e. The van der Waals surface area contributed by atoms with Crippen LogP contribution in [0.15, 0.2) is 0 Å². The number of hydrogen-bond donors (Lipinski definition) is 0. The number of ether oxygens (including phenoxy) is 1. The fraction of sp³-hybridized carbons (Fsp3) is 0.857. The Morgan fingerprint density at radius 3 is 2.58 bits per heavy atom. The van der Waals surface area contributed by atoms with E-state index in [1.807, 2.05) is 20.8 Å². The van der Waals surface area contributed by atoms with Crippen molar-refractivity contribution in [2.45, 2.75) is 57.7 Å². The highest BCUT2D eigenvalue weighted by molar-refractivity contribution is 5.73. The molecule has 5 heteroatoms. The summed E-state index contributed by atoms with van der Waals surface area (Å²) in [7, 11) is 3.69. The van der Waals surface area contributed by atoms with Crippen molar-refractivity contribution in [3.05, 3.63) is 0 Å². The van der Waals surface area contributed by atoms with Crippen LogP contribution >= 0.6 is 0 Å². The predicted molar refractivity (Wildman–Crippen MR) is 74.1 cm³/mol. The van der Waals surface area contributed by atoms with Gasteiger partial charge in [0.1, 0.15) is 11.9 Å². The van der Waals surface area contributed by atoms with E-state index >= 15 is 0 Å². The van der Waals surface area contributed by atoms with Crippen LogP contribution in [0, 0.1) is 0 Å². The average molecular weight is 270 g/mol. The molecule has 1 aliphatic rings. The van der Waals surface area contributed by atoms with E-state index in [9.17, 15) is 9.59 Å². The predicted octanol–water partition coefficient (Wildman–Crippen LogP) is 1.91. The largest absolute Gasteiger partial charge is 0.444 e. The molecule has 5 nitrogen and oxygen atoms in total. The first kappa shape index (κ1) is 16.0. The first-order chi connectivity index (χ1) is 8.74. The molecule has 110 valence electrons. The van der Waals surface area contributed by atoms with Crippen molar-refractivity contribution in [2.24, 2.45) is 0 Å². The lowest BCUT2D eigenvalue weighted by molar-refractivity contribution is -0.112. The van der Waals surface area contributed by atoms with Crippen LogP contribution in [0.5, 0.6) is 0 Å². The molecule has 0 aromatic carbocycles. The van der Waals surface area contributed by atoms with E-state index in [-0.39, 0.29) is 0 Å². The summed E-state index contributed by atoms with van der Waals surface area (Å²) in [5, 5.41) is 0. The van der Waals surface area contributed by atoms with Gasteiger partial charge < -0.3 is 19.3 Å². The van der Waals surface area contributed by atoms with E-state index in [4.69, 9.17) is 4.74 Å². The molecule has 0 saturated carbocycles. The molecule has 1 aliphatic heterocycles. The van der Waals surface area contributed by atoms with Gasteiger partial charge in [0.05, 0.1) is 6.04 Å². The van der Waals surface area contributed by atoms with E-state index in [1.54, 1.807) is 7.05 Å². The van der Waals surface area contributed by atoms with Gasteiger partial charge in [-0.2, -0.15) is 0 Å². The maximum atomic E-state index is 11.9. The van der Waals surface area contributed by atoms with Gasteiger partial charge in [0.15, 0.2) is 0 Å². The number of nitrogens with zero attached hydrogens (tertiary/aromatic N) is 2. The van der Waals surface area contributed by atoms with Crippen molar-refractivity contribution < 1.29 is 14.3 Å². The van der Waals surface area contributed by atoms with Crippen LogP contribution in [-0.4, -0.2) is 60.5 Å². The van der Waals surface area contributed by atoms with Crippen LogP contribution in [-0.2, 0) is 9.53 Å². The second-order valence-electron chi connectivity index (χ2n) is 6.31. The molecular formula is C14H26N2O3. The van der Waals surface area contributed by atoms with E-state index < -0.39 is 17.7 Å². The zero-order valence-electron chi connectivity index (χ0n) is 12.7. The molecule has 1 rings (SSSR count). The lowest BCUT2D eigenvalue weighted by atomic mass is 10.1. The molecule has 1 fully saturated rings. The number of likely N-dealkylation sites (N-methyl/N-ethyl adjacent to an activating group) is 1. The number of hydrogen-bond acceptors (Lipinski definition) is 4. The first-order valence-corrected chi connectivity index (χ1v) is 6.86. The van der Waals surface area contributed by atoms with Gasteiger partial charge in [-0.15, -0.1) is 0 Å². The summed E-state index contributed by atoms with van der Waals surface area (Å²) in [4.78, 5) is 26.8. The molecular weight excluding hydrogens is 244 g/mol. The quantitative estimate of drug-likeness (QED) is 0.732. The summed E-state index contributed by atoms with van der Waals surface area (Å²) in [6.07, 6.45) is 3.32. The number of carbonyl (C=O) groups excluding carboxylic acids is 2. The zero-order valence-corrected chi connectivity index (χ0v) is 12.7. The molecule has 2 atom stereocenters. The summed E-state index contributed by atoms with van der Waals surface area (Å²) in [5.41, 5.74) is -0.539. The number of aldehydes is 1. The van der Waals surface area contributed by atoms with Gasteiger partial charge in [0, 0.05) is 13.1 Å². The van der Waals surface area contributed by atoms with Gasteiger partial charge >= 0.3 is 6.09 Å². The van der Waals surface area contributed by atoms with Crippen LogP contribution in [0.25, 0.3) is 0 Å². The van der Waals surface area contributed by atoms with Crippen molar-refractivity contribution in [3.63, 3.8) is 0 Å². The van der Waals surface area contributed by atoms with Gasteiger partial charge in [0.25, 0.3) is 0 Å². The number of amides is 1. The van der Waals surface area contributed by atoms with E-state index in [2.05, 4.69) is 11.9 Å². The van der Waals surface area contributed by atoms with Crippen molar-refractivity contribution in [3.8, 4) is 0 Å². The molecule has 0 spiro atoms. The third-order valence-electron chi connectivity index (χ3n) is 3.52. The summed E-state index contributed by atoms with van der Waals surface area (Å²) in [6.45, 7) is 6.52. The minimum atomic E-state index is -0.539. The number of rotatable bonds is 4. The molecule has 2 unspecified atom stereocenters. The third-order valence-corrected chi connectivity index (χ3v) is 3.52. The second kappa shape index (κ2) is 6.37. The van der Waals surface area contributed by atoms with Gasteiger partial charge in [-0.1, -0.05) is 0 Å². The van der Waals surface area contributed by atoms with Gasteiger partial charge in [0.2, 0.25) is 0 Å². The van der Waals surface area contributed by atoms with Gasteiger partial charge in [-0.3, -0.25) is 0 Å². The normalized spacial score (nSPS) is 22.1. The zero-order chi connectivity index (χ0) is 14.6. The topological polar surface area (TPSA) is 49.9 Å². The van der Waals surface area contributed by atoms with Crippen molar-refractivity contribution in [1.82, 2.24) is 9.80 Å². The molecule has 0 bridgehead atoms. The van der Waals surface area contributed by atoms with Gasteiger partial charge in [-0.05, 0) is 53.6 Å². The molecule has 1 heterocycles. The van der Waals surface area contributed by atoms with E-state index in [0.717, 1.165) is 25.7 Å². The molecule has 19 heavy (non-hydrogen) atoms. The van der Waals surface area contributed by atoms with Gasteiger partial charge in [-0.25, -0.2) is 4.79 Å². The Labute approximate surface area is 115 Å². The first-order valence-electron chi connectivity index (χ1n) is 6.86. The highest BCUT2D eigenvalue weighted by Crippen LogP contribution is 2.21. The summed E-state index contributed by atoms with van der Waals surface area (Å²) >= 11 is 0. The van der Waals surface area contributed by atoms with Crippen LogP contribution < -0.4 is 0 Å². The molecule has 0 aromatic rings. The van der Waals surface area contributed by atoms with E-state index in [1.165, 1.54) is 4.90 Å². The number of carbonyl (C=O) groups is 2. The molecule has 0 N–H and O–H groups in total. The molecule has 1 saturated heterocycles. The van der Waals surface area contributed by atoms with E-state index in [0.29, 0.717) is 12.5 Å².